The Morgan fingerprint density at radius 1 is 1.03 bits per heavy atom. The number of nitrogens with zero attached hydrogens (tertiary/aromatic N) is 1. The molecule has 0 aromatic heterocycles. The molecule has 0 bridgehead atoms. The molecule has 1 aromatic rings. The highest BCUT2D eigenvalue weighted by molar-refractivity contribution is 6.22. The zero-order valence-electron chi connectivity index (χ0n) is 17.2. The number of fused-ring (bicyclic) bond motifs is 1. The first kappa shape index (κ1) is 25.4. The largest absolute Gasteiger partial charge is 0.378 e. The molecule has 0 fully saturated rings. The van der Waals surface area contributed by atoms with Crippen LogP contribution in [0.3, 0.4) is 0 Å². The van der Waals surface area contributed by atoms with Crippen LogP contribution in [-0.2, 0) is 19.1 Å². The maximum atomic E-state index is 12.2. The van der Waals surface area contributed by atoms with Crippen molar-refractivity contribution in [3.8, 4) is 0 Å². The molecule has 1 aliphatic heterocycles. The van der Waals surface area contributed by atoms with Gasteiger partial charge in [0, 0.05) is 26.6 Å². The molecular formula is C20H30N4O6. The molecule has 1 atom stereocenters. The van der Waals surface area contributed by atoms with Gasteiger partial charge < -0.3 is 31.1 Å². The molecule has 1 aliphatic rings. The fraction of sp³-hybridized carbons (Fsp3) is 0.500. The van der Waals surface area contributed by atoms with E-state index in [1.54, 1.807) is 24.3 Å². The van der Waals surface area contributed by atoms with Crippen LogP contribution in [0.15, 0.2) is 24.3 Å². The molecule has 30 heavy (non-hydrogen) atoms. The number of hydrogen-bond acceptors (Lipinski definition) is 8. The van der Waals surface area contributed by atoms with Gasteiger partial charge in [0.2, 0.25) is 5.91 Å². The highest BCUT2D eigenvalue weighted by atomic mass is 16.5. The van der Waals surface area contributed by atoms with Gasteiger partial charge in [0.25, 0.3) is 11.8 Å². The quantitative estimate of drug-likeness (QED) is 0.227. The second-order valence-electron chi connectivity index (χ2n) is 6.24. The summed E-state index contributed by atoms with van der Waals surface area (Å²) in [6.07, 6.45) is 0.729. The Labute approximate surface area is 175 Å². The molecular weight excluding hydrogens is 392 g/mol. The van der Waals surface area contributed by atoms with Gasteiger partial charge in [-0.2, -0.15) is 0 Å². The molecule has 1 heterocycles. The fourth-order valence-electron chi connectivity index (χ4n) is 2.66. The molecule has 0 radical (unpaired) electrons. The van der Waals surface area contributed by atoms with E-state index in [9.17, 15) is 19.2 Å². The van der Waals surface area contributed by atoms with Gasteiger partial charge in [-0.1, -0.05) is 12.1 Å². The Balaban J connectivity index is 0.000000382. The van der Waals surface area contributed by atoms with Crippen LogP contribution in [0.2, 0.25) is 0 Å². The number of nitrogens with two attached hydrogens (primary N) is 2. The molecule has 10 heteroatoms. The van der Waals surface area contributed by atoms with Crippen molar-refractivity contribution in [2.45, 2.75) is 18.9 Å². The van der Waals surface area contributed by atoms with E-state index in [1.165, 1.54) is 7.05 Å². The Bertz CT molecular complexity index is 669. The molecule has 5 N–H and O–H groups in total. The van der Waals surface area contributed by atoms with Crippen LogP contribution in [-0.4, -0.2) is 81.5 Å². The average Bonchev–Trinajstić information content (AvgIpc) is 3.02. The zero-order valence-corrected chi connectivity index (χ0v) is 17.2. The molecule has 3 amide bonds. The maximum absolute atomic E-state index is 12.2. The third-order valence-electron chi connectivity index (χ3n) is 4.16. The number of carbonyl (C=O) groups is 4. The summed E-state index contributed by atoms with van der Waals surface area (Å²) in [5, 5.41) is 2.43. The number of hydrogen-bond donors (Lipinski definition) is 3. The topological polar surface area (TPSA) is 154 Å². The van der Waals surface area contributed by atoms with Crippen molar-refractivity contribution < 1.29 is 28.7 Å². The van der Waals surface area contributed by atoms with Gasteiger partial charge in [0.05, 0.1) is 43.6 Å². The van der Waals surface area contributed by atoms with Gasteiger partial charge in [-0.05, 0) is 18.6 Å². The van der Waals surface area contributed by atoms with Crippen LogP contribution in [0.4, 0.5) is 0 Å². The summed E-state index contributed by atoms with van der Waals surface area (Å²) >= 11 is 0. The van der Waals surface area contributed by atoms with Gasteiger partial charge in [0.1, 0.15) is 6.29 Å². The fourth-order valence-corrected chi connectivity index (χ4v) is 2.66. The Hall–Kier alpha value is -2.66. The molecule has 0 aliphatic carbocycles. The molecule has 0 spiro atoms. The number of aldehydes is 1. The first-order valence-electron chi connectivity index (χ1n) is 9.70. The molecule has 2 rings (SSSR count). The van der Waals surface area contributed by atoms with Gasteiger partial charge in [-0.3, -0.25) is 19.3 Å². The van der Waals surface area contributed by atoms with Crippen LogP contribution >= 0.6 is 0 Å². The number of imide groups is 1. The van der Waals surface area contributed by atoms with E-state index in [0.717, 1.165) is 4.90 Å². The molecule has 166 valence electrons. The van der Waals surface area contributed by atoms with Crippen molar-refractivity contribution in [1.82, 2.24) is 10.2 Å². The number of amides is 3. The second kappa shape index (κ2) is 14.3. The predicted octanol–water partition coefficient (Wildman–Crippen LogP) is -0.687. The van der Waals surface area contributed by atoms with E-state index in [1.807, 2.05) is 0 Å². The lowest BCUT2D eigenvalue weighted by molar-refractivity contribution is -0.121. The highest BCUT2D eigenvalue weighted by Gasteiger charge is 2.39. The number of rotatable bonds is 12. The number of nitrogens with one attached hydrogen (secondary N) is 1. The summed E-state index contributed by atoms with van der Waals surface area (Å²) in [6, 6.07) is 5.51. The van der Waals surface area contributed by atoms with Crippen molar-refractivity contribution >= 4 is 24.0 Å². The van der Waals surface area contributed by atoms with Crippen molar-refractivity contribution in [2.75, 3.05) is 46.6 Å². The van der Waals surface area contributed by atoms with E-state index in [4.69, 9.17) is 20.9 Å². The van der Waals surface area contributed by atoms with Gasteiger partial charge >= 0.3 is 0 Å². The smallest absolute Gasteiger partial charge is 0.262 e. The van der Waals surface area contributed by atoms with E-state index < -0.39 is 17.9 Å². The van der Waals surface area contributed by atoms with E-state index in [0.29, 0.717) is 56.9 Å². The minimum absolute atomic E-state index is 0.0767. The first-order chi connectivity index (χ1) is 14.5. The van der Waals surface area contributed by atoms with E-state index in [2.05, 4.69) is 5.32 Å². The second-order valence-corrected chi connectivity index (χ2v) is 6.24. The van der Waals surface area contributed by atoms with E-state index in [-0.39, 0.29) is 18.7 Å². The maximum Gasteiger partial charge on any atom is 0.262 e. The summed E-state index contributed by atoms with van der Waals surface area (Å²) in [4.78, 5) is 47.6. The van der Waals surface area contributed by atoms with Crippen LogP contribution in [0, 0.1) is 0 Å². The highest BCUT2D eigenvalue weighted by Crippen LogP contribution is 2.25. The van der Waals surface area contributed by atoms with Crippen LogP contribution in [0.5, 0.6) is 0 Å². The van der Waals surface area contributed by atoms with Crippen molar-refractivity contribution in [3.05, 3.63) is 35.4 Å². The minimum atomic E-state index is -0.917. The molecule has 1 unspecified atom stereocenters. The van der Waals surface area contributed by atoms with Crippen LogP contribution in [0.25, 0.3) is 0 Å². The molecule has 0 saturated carbocycles. The lowest BCUT2D eigenvalue weighted by Crippen LogP contribution is -2.41. The van der Waals surface area contributed by atoms with Crippen molar-refractivity contribution in [3.63, 3.8) is 0 Å². The lowest BCUT2D eigenvalue weighted by Gasteiger charge is -2.20. The average molecular weight is 422 g/mol. The number of ether oxygens (including phenoxy) is 2. The summed E-state index contributed by atoms with van der Waals surface area (Å²) in [5.74, 6) is -1.22. The third kappa shape index (κ3) is 7.64. The molecule has 10 nitrogen and oxygen atoms in total. The van der Waals surface area contributed by atoms with Crippen LogP contribution < -0.4 is 16.8 Å². The standard InChI is InChI=1S/C14H14N2O4.C6H16N2O2/c1-15-12(18)7-6-9(8-17)16-13(19)10-4-2-3-5-11(10)14(16)20;7-1-3-9-5-6-10-4-2-8/h2-5,8-9H,6-7H2,1H3,(H,15,18);1-8H2. The minimum Gasteiger partial charge on any atom is -0.378 e. The Morgan fingerprint density at radius 2 is 1.53 bits per heavy atom. The Kier molecular flexibility index (Phi) is 12.1. The molecule has 1 aromatic carbocycles. The van der Waals surface area contributed by atoms with Gasteiger partial charge in [-0.15, -0.1) is 0 Å². The van der Waals surface area contributed by atoms with Crippen LogP contribution in [0.1, 0.15) is 33.6 Å². The monoisotopic (exact) mass is 422 g/mol. The summed E-state index contributed by atoms with van der Waals surface area (Å²) in [7, 11) is 1.49. The number of carbonyl (C=O) groups excluding carboxylic acids is 4. The lowest BCUT2D eigenvalue weighted by atomic mass is 10.1. The van der Waals surface area contributed by atoms with Crippen molar-refractivity contribution in [1.29, 1.82) is 0 Å². The Morgan fingerprint density at radius 3 is 1.93 bits per heavy atom. The summed E-state index contributed by atoms with van der Waals surface area (Å²) in [6.45, 7) is 3.56. The van der Waals surface area contributed by atoms with Crippen molar-refractivity contribution in [2.24, 2.45) is 11.5 Å². The normalized spacial score (nSPS) is 13.4. The first-order valence-corrected chi connectivity index (χ1v) is 9.70. The zero-order chi connectivity index (χ0) is 22.4. The van der Waals surface area contributed by atoms with Gasteiger partial charge in [-0.25, -0.2) is 0 Å². The van der Waals surface area contributed by atoms with E-state index >= 15 is 0 Å². The third-order valence-corrected chi connectivity index (χ3v) is 4.16. The molecule has 0 saturated heterocycles. The van der Waals surface area contributed by atoms with Gasteiger partial charge in [0.15, 0.2) is 0 Å². The predicted molar refractivity (Wildman–Crippen MR) is 110 cm³/mol. The summed E-state index contributed by atoms with van der Waals surface area (Å²) < 4.78 is 10.1. The SMILES string of the molecule is CNC(=O)CCC(C=O)N1C(=O)c2ccccc2C1=O.NCCOCCOCCN. The summed E-state index contributed by atoms with van der Waals surface area (Å²) in [5.41, 5.74) is 11.0. The number of benzene rings is 1.